The third-order valence-corrected chi connectivity index (χ3v) is 5.33. The number of hydrogen-bond acceptors (Lipinski definition) is 6. The summed E-state index contributed by atoms with van der Waals surface area (Å²) in [6, 6.07) is 4.05. The molecule has 2 heterocycles. The van der Waals surface area contributed by atoms with Crippen molar-refractivity contribution in [2.75, 3.05) is 11.6 Å². The summed E-state index contributed by atoms with van der Waals surface area (Å²) >= 11 is 2.87. The van der Waals surface area contributed by atoms with Gasteiger partial charge >= 0.3 is 0 Å². The molecule has 0 spiro atoms. The first-order chi connectivity index (χ1) is 10.6. The van der Waals surface area contributed by atoms with E-state index in [9.17, 15) is 4.79 Å². The molecule has 0 fully saturated rings. The molecule has 0 saturated heterocycles. The van der Waals surface area contributed by atoms with E-state index in [2.05, 4.69) is 15.5 Å². The number of aryl methyl sites for hydroxylation is 2. The molecule has 0 bridgehead atoms. The van der Waals surface area contributed by atoms with E-state index in [0.29, 0.717) is 5.13 Å². The molecular formula is C15H15N3O2S2. The normalized spacial score (nSPS) is 11.0. The van der Waals surface area contributed by atoms with Gasteiger partial charge in [-0.2, -0.15) is 0 Å². The highest BCUT2D eigenvalue weighted by molar-refractivity contribution is 8.00. The van der Waals surface area contributed by atoms with E-state index in [-0.39, 0.29) is 12.3 Å². The van der Waals surface area contributed by atoms with Crippen molar-refractivity contribution in [3.63, 3.8) is 0 Å². The number of nitrogens with zero attached hydrogens (tertiary/aromatic N) is 2. The van der Waals surface area contributed by atoms with Crippen LogP contribution in [0.3, 0.4) is 0 Å². The highest BCUT2D eigenvalue weighted by Crippen LogP contribution is 2.27. The maximum Gasteiger partial charge on any atom is 0.230 e. The molecule has 5 nitrogen and oxygen atoms in total. The number of nitrogens with one attached hydrogen (secondary N) is 1. The van der Waals surface area contributed by atoms with Crippen LogP contribution in [0.4, 0.5) is 5.13 Å². The van der Waals surface area contributed by atoms with E-state index < -0.39 is 0 Å². The molecule has 114 valence electrons. The molecule has 3 aromatic rings. The maximum atomic E-state index is 12.2. The Labute approximate surface area is 136 Å². The third-order valence-electron chi connectivity index (χ3n) is 3.52. The molecule has 0 atom stereocenters. The molecule has 7 heteroatoms. The summed E-state index contributed by atoms with van der Waals surface area (Å²) in [6.45, 7) is 4.07. The molecule has 0 saturated carbocycles. The fourth-order valence-corrected chi connectivity index (χ4v) is 3.39. The van der Waals surface area contributed by atoms with Crippen LogP contribution in [0.25, 0.3) is 11.0 Å². The van der Waals surface area contributed by atoms with Gasteiger partial charge in [-0.1, -0.05) is 35.2 Å². The first kappa shape index (κ1) is 15.1. The predicted octanol–water partition coefficient (Wildman–Crippen LogP) is 3.80. The molecular weight excluding hydrogens is 318 g/mol. The number of anilines is 1. The van der Waals surface area contributed by atoms with Crippen molar-refractivity contribution in [2.45, 2.75) is 24.6 Å². The van der Waals surface area contributed by atoms with Crippen LogP contribution in [0, 0.1) is 13.8 Å². The Balaban J connectivity index is 1.78. The highest BCUT2D eigenvalue weighted by atomic mass is 32.2. The number of rotatable bonds is 4. The lowest BCUT2D eigenvalue weighted by Crippen LogP contribution is -2.14. The fraction of sp³-hybridized carbons (Fsp3) is 0.267. The van der Waals surface area contributed by atoms with E-state index in [1.165, 1.54) is 28.7 Å². The number of furan rings is 1. The quantitative estimate of drug-likeness (QED) is 0.581. The largest absolute Gasteiger partial charge is 0.464 e. The zero-order valence-corrected chi connectivity index (χ0v) is 14.1. The summed E-state index contributed by atoms with van der Waals surface area (Å²) in [7, 11) is 0. The van der Waals surface area contributed by atoms with Crippen LogP contribution in [-0.2, 0) is 11.2 Å². The van der Waals surface area contributed by atoms with Gasteiger partial charge in [0.15, 0.2) is 4.34 Å². The van der Waals surface area contributed by atoms with Gasteiger partial charge in [0.1, 0.15) is 5.58 Å². The SMILES string of the molecule is CSc1nnc(NC(=O)Cc2coc3c(C)c(C)ccc23)s1. The van der Waals surface area contributed by atoms with E-state index in [4.69, 9.17) is 4.42 Å². The van der Waals surface area contributed by atoms with E-state index in [0.717, 1.165) is 26.4 Å². The zero-order chi connectivity index (χ0) is 15.7. The van der Waals surface area contributed by atoms with Gasteiger partial charge in [-0.05, 0) is 31.2 Å². The Morgan fingerprint density at radius 3 is 2.91 bits per heavy atom. The first-order valence-corrected chi connectivity index (χ1v) is 8.76. The highest BCUT2D eigenvalue weighted by Gasteiger charge is 2.14. The number of carbonyl (C=O) groups excluding carboxylic acids is 1. The van der Waals surface area contributed by atoms with Crippen LogP contribution >= 0.6 is 23.1 Å². The van der Waals surface area contributed by atoms with Gasteiger partial charge in [-0.3, -0.25) is 4.79 Å². The molecule has 1 N–H and O–H groups in total. The van der Waals surface area contributed by atoms with Gasteiger partial charge in [-0.25, -0.2) is 0 Å². The number of aromatic nitrogens is 2. The molecule has 1 aromatic carbocycles. The number of thioether (sulfide) groups is 1. The van der Waals surface area contributed by atoms with Crippen molar-refractivity contribution < 1.29 is 9.21 Å². The van der Waals surface area contributed by atoms with Crippen molar-refractivity contribution in [1.82, 2.24) is 10.2 Å². The van der Waals surface area contributed by atoms with Gasteiger partial charge in [0.05, 0.1) is 12.7 Å². The van der Waals surface area contributed by atoms with E-state index >= 15 is 0 Å². The van der Waals surface area contributed by atoms with Gasteiger partial charge in [0.25, 0.3) is 0 Å². The lowest BCUT2D eigenvalue weighted by Gasteiger charge is -2.02. The minimum Gasteiger partial charge on any atom is -0.464 e. The smallest absolute Gasteiger partial charge is 0.230 e. The monoisotopic (exact) mass is 333 g/mol. The van der Waals surface area contributed by atoms with E-state index in [1.807, 2.05) is 32.2 Å². The van der Waals surface area contributed by atoms with Crippen LogP contribution in [0.5, 0.6) is 0 Å². The van der Waals surface area contributed by atoms with Gasteiger partial charge < -0.3 is 9.73 Å². The Hall–Kier alpha value is -1.86. The van der Waals surface area contributed by atoms with Crippen LogP contribution in [0.15, 0.2) is 27.2 Å². The number of amides is 1. The number of hydrogen-bond donors (Lipinski definition) is 1. The minimum atomic E-state index is -0.121. The van der Waals surface area contributed by atoms with Gasteiger partial charge in [0, 0.05) is 10.9 Å². The minimum absolute atomic E-state index is 0.121. The van der Waals surface area contributed by atoms with Crippen molar-refractivity contribution in [2.24, 2.45) is 0 Å². The Kier molecular flexibility index (Phi) is 4.17. The second-order valence-electron chi connectivity index (χ2n) is 4.95. The summed E-state index contributed by atoms with van der Waals surface area (Å²) in [5.74, 6) is -0.121. The topological polar surface area (TPSA) is 68.0 Å². The maximum absolute atomic E-state index is 12.2. The van der Waals surface area contributed by atoms with Crippen LogP contribution in [0.1, 0.15) is 16.7 Å². The van der Waals surface area contributed by atoms with Crippen molar-refractivity contribution in [3.05, 3.63) is 35.1 Å². The molecule has 0 aliphatic heterocycles. The molecule has 0 radical (unpaired) electrons. The average molecular weight is 333 g/mol. The van der Waals surface area contributed by atoms with Crippen molar-refractivity contribution in [3.8, 4) is 0 Å². The zero-order valence-electron chi connectivity index (χ0n) is 12.5. The molecule has 22 heavy (non-hydrogen) atoms. The molecule has 0 aliphatic carbocycles. The predicted molar refractivity (Wildman–Crippen MR) is 89.7 cm³/mol. The average Bonchev–Trinajstić information content (AvgIpc) is 3.10. The van der Waals surface area contributed by atoms with Crippen LogP contribution in [-0.4, -0.2) is 22.4 Å². The summed E-state index contributed by atoms with van der Waals surface area (Å²) in [6.07, 6.45) is 3.84. The van der Waals surface area contributed by atoms with Crippen molar-refractivity contribution in [1.29, 1.82) is 0 Å². The Bertz CT molecular complexity index is 839. The molecule has 1 amide bonds. The standard InChI is InChI=1S/C15H15N3O2S2/c1-8-4-5-11-10(7-20-13(11)9(8)2)6-12(19)16-14-17-18-15(21-3)22-14/h4-5,7H,6H2,1-3H3,(H,16,17,19). The fourth-order valence-electron chi connectivity index (χ4n) is 2.20. The van der Waals surface area contributed by atoms with Crippen molar-refractivity contribution >= 4 is 45.1 Å². The summed E-state index contributed by atoms with van der Waals surface area (Å²) in [4.78, 5) is 12.2. The van der Waals surface area contributed by atoms with E-state index in [1.54, 1.807) is 6.26 Å². The lowest BCUT2D eigenvalue weighted by atomic mass is 10.0. The summed E-state index contributed by atoms with van der Waals surface area (Å²) < 4.78 is 6.45. The van der Waals surface area contributed by atoms with Gasteiger partial charge in [0.2, 0.25) is 11.0 Å². The second-order valence-corrected chi connectivity index (χ2v) is 6.98. The lowest BCUT2D eigenvalue weighted by molar-refractivity contribution is -0.115. The number of benzene rings is 1. The first-order valence-electron chi connectivity index (χ1n) is 6.72. The Morgan fingerprint density at radius 2 is 2.18 bits per heavy atom. The molecule has 0 aliphatic rings. The summed E-state index contributed by atoms with van der Waals surface area (Å²) in [5, 5.41) is 12.2. The van der Waals surface area contributed by atoms with Crippen LogP contribution in [0.2, 0.25) is 0 Å². The third kappa shape index (κ3) is 2.86. The number of fused-ring (bicyclic) bond motifs is 1. The summed E-state index contributed by atoms with van der Waals surface area (Å²) in [5.41, 5.74) is 4.02. The number of carbonyl (C=O) groups is 1. The Morgan fingerprint density at radius 1 is 1.36 bits per heavy atom. The van der Waals surface area contributed by atoms with Crippen LogP contribution < -0.4 is 5.32 Å². The van der Waals surface area contributed by atoms with Gasteiger partial charge in [-0.15, -0.1) is 10.2 Å². The molecule has 0 unspecified atom stereocenters. The molecule has 2 aromatic heterocycles. The molecule has 3 rings (SSSR count). The second kappa shape index (κ2) is 6.10.